The van der Waals surface area contributed by atoms with Gasteiger partial charge in [0, 0.05) is 6.20 Å². The second-order valence-corrected chi connectivity index (χ2v) is 5.89. The SMILES string of the molecule is CCCc1c(NCC(=O)NO)nc2c(OCc3ccccc3)cccn12. The summed E-state index contributed by atoms with van der Waals surface area (Å²) in [5.74, 6) is 0.768. The number of rotatable bonds is 8. The van der Waals surface area contributed by atoms with Gasteiger partial charge in [0.1, 0.15) is 12.4 Å². The van der Waals surface area contributed by atoms with Crippen LogP contribution in [0, 0.1) is 0 Å². The Morgan fingerprint density at radius 1 is 1.23 bits per heavy atom. The largest absolute Gasteiger partial charge is 0.485 e. The minimum atomic E-state index is -0.523. The first-order chi connectivity index (χ1) is 12.7. The third-order valence-corrected chi connectivity index (χ3v) is 3.98. The number of carbonyl (C=O) groups is 1. The van der Waals surface area contributed by atoms with Crippen molar-refractivity contribution in [2.24, 2.45) is 0 Å². The predicted molar refractivity (Wildman–Crippen MR) is 98.4 cm³/mol. The van der Waals surface area contributed by atoms with Gasteiger partial charge in [-0.05, 0) is 24.1 Å². The van der Waals surface area contributed by atoms with Crippen LogP contribution in [0.3, 0.4) is 0 Å². The molecule has 2 heterocycles. The maximum absolute atomic E-state index is 11.3. The van der Waals surface area contributed by atoms with E-state index in [0.717, 1.165) is 24.1 Å². The summed E-state index contributed by atoms with van der Waals surface area (Å²) >= 11 is 0. The molecule has 0 spiro atoms. The molecular formula is C19H22N4O3. The third-order valence-electron chi connectivity index (χ3n) is 3.98. The maximum Gasteiger partial charge on any atom is 0.262 e. The van der Waals surface area contributed by atoms with Gasteiger partial charge in [-0.15, -0.1) is 0 Å². The Balaban J connectivity index is 1.88. The lowest BCUT2D eigenvalue weighted by Crippen LogP contribution is -2.27. The second kappa shape index (κ2) is 8.35. The van der Waals surface area contributed by atoms with Gasteiger partial charge in [0.05, 0.1) is 12.2 Å². The number of hydrogen-bond donors (Lipinski definition) is 3. The van der Waals surface area contributed by atoms with Crippen LogP contribution in [0.4, 0.5) is 5.82 Å². The number of nitrogens with zero attached hydrogens (tertiary/aromatic N) is 2. The molecule has 2 aromatic heterocycles. The molecule has 3 aromatic rings. The van der Waals surface area contributed by atoms with Gasteiger partial charge in [0.2, 0.25) is 0 Å². The number of imidazole rings is 1. The van der Waals surface area contributed by atoms with Crippen molar-refractivity contribution in [2.75, 3.05) is 11.9 Å². The molecule has 0 aliphatic heterocycles. The number of anilines is 1. The zero-order valence-corrected chi connectivity index (χ0v) is 14.6. The van der Waals surface area contributed by atoms with Gasteiger partial charge in [-0.3, -0.25) is 14.4 Å². The van der Waals surface area contributed by atoms with Gasteiger partial charge in [-0.25, -0.2) is 10.5 Å². The van der Waals surface area contributed by atoms with E-state index < -0.39 is 5.91 Å². The molecule has 26 heavy (non-hydrogen) atoms. The lowest BCUT2D eigenvalue weighted by atomic mass is 10.2. The summed E-state index contributed by atoms with van der Waals surface area (Å²) in [6.07, 6.45) is 3.66. The van der Waals surface area contributed by atoms with Crippen molar-refractivity contribution in [2.45, 2.75) is 26.4 Å². The van der Waals surface area contributed by atoms with E-state index in [1.54, 1.807) is 5.48 Å². The molecule has 1 amide bonds. The number of pyridine rings is 1. The van der Waals surface area contributed by atoms with Crippen LogP contribution < -0.4 is 15.5 Å². The summed E-state index contributed by atoms with van der Waals surface area (Å²) in [5.41, 5.74) is 4.35. The van der Waals surface area contributed by atoms with Crippen molar-refractivity contribution in [3.05, 3.63) is 59.9 Å². The molecule has 136 valence electrons. The van der Waals surface area contributed by atoms with Crippen LogP contribution in [-0.2, 0) is 17.8 Å². The first kappa shape index (κ1) is 17.8. The van der Waals surface area contributed by atoms with Gasteiger partial charge in [0.25, 0.3) is 5.91 Å². The summed E-state index contributed by atoms with van der Waals surface area (Å²) in [4.78, 5) is 15.9. The van der Waals surface area contributed by atoms with E-state index in [9.17, 15) is 4.79 Å². The van der Waals surface area contributed by atoms with Crippen LogP contribution in [0.1, 0.15) is 24.6 Å². The summed E-state index contributed by atoms with van der Waals surface area (Å²) in [6, 6.07) is 13.7. The molecule has 7 nitrogen and oxygen atoms in total. The second-order valence-electron chi connectivity index (χ2n) is 5.89. The van der Waals surface area contributed by atoms with Crippen molar-refractivity contribution in [1.29, 1.82) is 0 Å². The first-order valence-electron chi connectivity index (χ1n) is 8.56. The minimum absolute atomic E-state index is 0.0582. The fourth-order valence-electron chi connectivity index (χ4n) is 2.76. The van der Waals surface area contributed by atoms with E-state index >= 15 is 0 Å². The number of aromatic nitrogens is 2. The van der Waals surface area contributed by atoms with E-state index in [2.05, 4.69) is 17.2 Å². The first-order valence-corrected chi connectivity index (χ1v) is 8.56. The number of carbonyl (C=O) groups excluding carboxylic acids is 1. The number of fused-ring (bicyclic) bond motifs is 1. The highest BCUT2D eigenvalue weighted by molar-refractivity contribution is 5.79. The molecule has 0 atom stereocenters. The number of hydrogen-bond acceptors (Lipinski definition) is 5. The number of nitrogens with one attached hydrogen (secondary N) is 2. The molecule has 1 aromatic carbocycles. The van der Waals surface area contributed by atoms with Gasteiger partial charge in [-0.1, -0.05) is 43.7 Å². The van der Waals surface area contributed by atoms with Gasteiger partial charge in [-0.2, -0.15) is 0 Å². The average Bonchev–Trinajstić information content (AvgIpc) is 3.04. The molecule has 3 N–H and O–H groups in total. The van der Waals surface area contributed by atoms with Crippen molar-refractivity contribution in [3.8, 4) is 5.75 Å². The maximum atomic E-state index is 11.3. The number of ether oxygens (including phenoxy) is 1. The summed E-state index contributed by atoms with van der Waals surface area (Å²) in [5, 5.41) is 11.6. The molecule has 7 heteroatoms. The highest BCUT2D eigenvalue weighted by Gasteiger charge is 2.15. The van der Waals surface area contributed by atoms with E-state index in [1.807, 2.05) is 53.1 Å². The van der Waals surface area contributed by atoms with Crippen molar-refractivity contribution in [1.82, 2.24) is 14.9 Å². The molecule has 0 saturated carbocycles. The standard InChI is InChI=1S/C19H22N4O3/c1-2-7-15-18(20-12-17(24)22-25)21-19-16(10-6-11-23(15)19)26-13-14-8-4-3-5-9-14/h3-6,8-11,20,25H,2,7,12-13H2,1H3,(H,22,24). The van der Waals surface area contributed by atoms with Crippen molar-refractivity contribution in [3.63, 3.8) is 0 Å². The molecule has 0 unspecified atom stereocenters. The Labute approximate surface area is 151 Å². The van der Waals surface area contributed by atoms with Crippen LogP contribution in [0.25, 0.3) is 5.65 Å². The smallest absolute Gasteiger partial charge is 0.262 e. The fourth-order valence-corrected chi connectivity index (χ4v) is 2.76. The predicted octanol–water partition coefficient (Wildman–Crippen LogP) is 2.78. The summed E-state index contributed by atoms with van der Waals surface area (Å²) in [6.45, 7) is 2.48. The summed E-state index contributed by atoms with van der Waals surface area (Å²) < 4.78 is 7.94. The van der Waals surface area contributed by atoms with Crippen LogP contribution in [-0.4, -0.2) is 27.0 Å². The molecule has 0 radical (unpaired) electrons. The van der Waals surface area contributed by atoms with Crippen LogP contribution in [0.15, 0.2) is 48.7 Å². The van der Waals surface area contributed by atoms with E-state index in [4.69, 9.17) is 9.94 Å². The Kier molecular flexibility index (Phi) is 5.70. The monoisotopic (exact) mass is 354 g/mol. The lowest BCUT2D eigenvalue weighted by Gasteiger charge is -2.08. The Bertz CT molecular complexity index is 877. The Morgan fingerprint density at radius 2 is 2.04 bits per heavy atom. The van der Waals surface area contributed by atoms with E-state index in [-0.39, 0.29) is 6.54 Å². The lowest BCUT2D eigenvalue weighted by molar-refractivity contribution is -0.127. The molecule has 0 saturated heterocycles. The number of benzene rings is 1. The quantitative estimate of drug-likeness (QED) is 0.428. The van der Waals surface area contributed by atoms with Crippen LogP contribution >= 0.6 is 0 Å². The molecule has 3 rings (SSSR count). The zero-order valence-electron chi connectivity index (χ0n) is 14.6. The molecule has 0 fully saturated rings. The highest BCUT2D eigenvalue weighted by Crippen LogP contribution is 2.26. The topological polar surface area (TPSA) is 87.9 Å². The minimum Gasteiger partial charge on any atom is -0.485 e. The Morgan fingerprint density at radius 3 is 2.77 bits per heavy atom. The number of amides is 1. The zero-order chi connectivity index (χ0) is 18.4. The van der Waals surface area contributed by atoms with Crippen LogP contribution in [0.2, 0.25) is 0 Å². The normalized spacial score (nSPS) is 10.7. The van der Waals surface area contributed by atoms with Crippen molar-refractivity contribution < 1.29 is 14.7 Å². The van der Waals surface area contributed by atoms with Crippen LogP contribution in [0.5, 0.6) is 5.75 Å². The highest BCUT2D eigenvalue weighted by atomic mass is 16.5. The van der Waals surface area contributed by atoms with E-state index in [0.29, 0.717) is 23.8 Å². The van der Waals surface area contributed by atoms with Gasteiger partial charge >= 0.3 is 0 Å². The number of hydroxylamine groups is 1. The van der Waals surface area contributed by atoms with Gasteiger partial charge in [0.15, 0.2) is 11.4 Å². The molecule has 0 aliphatic carbocycles. The summed E-state index contributed by atoms with van der Waals surface area (Å²) in [7, 11) is 0. The van der Waals surface area contributed by atoms with Crippen molar-refractivity contribution >= 4 is 17.4 Å². The molecule has 0 bridgehead atoms. The molecule has 0 aliphatic rings. The fraction of sp³-hybridized carbons (Fsp3) is 0.263. The van der Waals surface area contributed by atoms with Gasteiger partial charge < -0.3 is 10.1 Å². The Hall–Kier alpha value is -3.06. The third kappa shape index (κ3) is 3.94. The number of aryl methyl sites for hydroxylation is 1. The van der Waals surface area contributed by atoms with E-state index in [1.165, 1.54) is 0 Å². The average molecular weight is 354 g/mol. The molecular weight excluding hydrogens is 332 g/mol.